The van der Waals surface area contributed by atoms with Crippen LogP contribution in [0.1, 0.15) is 213 Å². The van der Waals surface area contributed by atoms with Crippen LogP contribution < -0.4 is 5.32 Å². The van der Waals surface area contributed by atoms with Gasteiger partial charge in [-0.2, -0.15) is 8.42 Å². The highest BCUT2D eigenvalue weighted by atomic mass is 32.3. The summed E-state index contributed by atoms with van der Waals surface area (Å²) < 4.78 is 29.7. The van der Waals surface area contributed by atoms with Gasteiger partial charge in [-0.1, -0.05) is 161 Å². The molecule has 0 saturated heterocycles. The third kappa shape index (κ3) is 35.6. The van der Waals surface area contributed by atoms with Crippen LogP contribution in [0.3, 0.4) is 0 Å². The maximum atomic E-state index is 9.33. The van der Waals surface area contributed by atoms with E-state index in [2.05, 4.69) is 59.5 Å². The highest BCUT2D eigenvalue weighted by Crippen LogP contribution is 2.16. The first-order valence-corrected chi connectivity index (χ1v) is 23.1. The van der Waals surface area contributed by atoms with Crippen LogP contribution in [0.2, 0.25) is 0 Å². The topological polar surface area (TPSA) is 91.2 Å². The molecule has 2 N–H and O–H groups in total. The molecule has 1 aliphatic rings. The molecule has 1 rings (SSSR count). The van der Waals surface area contributed by atoms with Crippen molar-refractivity contribution in [1.29, 1.82) is 0 Å². The average Bonchev–Trinajstić information content (AvgIpc) is 3.59. The second-order valence-electron chi connectivity index (χ2n) is 14.6. The fourth-order valence-electron chi connectivity index (χ4n) is 6.71. The van der Waals surface area contributed by atoms with Crippen molar-refractivity contribution in [2.45, 2.75) is 220 Å². The Hall–Kier alpha value is -1.22. The van der Waals surface area contributed by atoms with E-state index in [4.69, 9.17) is 9.55 Å². The third-order valence-corrected chi connectivity index (χ3v) is 10.3. The molecule has 0 amide bonds. The van der Waals surface area contributed by atoms with Gasteiger partial charge in [0, 0.05) is 13.0 Å². The van der Waals surface area contributed by atoms with Crippen LogP contribution in [0.4, 0.5) is 0 Å². The summed E-state index contributed by atoms with van der Waals surface area (Å²) in [6.45, 7) is 10.2. The van der Waals surface area contributed by atoms with Gasteiger partial charge in [-0.25, -0.2) is 0 Å². The SMILES string of the molecule is CCCCCCCC/C=C\CCCCCCCCNC(CC)N1CCN=C1CCCCCCCC/C=C\CCCCCCCC.COS(=O)(=O)O. The number of amidine groups is 1. The number of hydrogen-bond acceptors (Lipinski definition) is 6. The largest absolute Gasteiger partial charge is 0.397 e. The summed E-state index contributed by atoms with van der Waals surface area (Å²) in [7, 11) is -3.29. The molecule has 1 atom stereocenters. The lowest BCUT2D eigenvalue weighted by Gasteiger charge is -2.31. The van der Waals surface area contributed by atoms with E-state index in [0.717, 1.165) is 26.7 Å². The minimum atomic E-state index is -4.16. The number of allylic oxidation sites excluding steroid dienone is 4. The summed E-state index contributed by atoms with van der Waals surface area (Å²) >= 11 is 0. The molecule has 0 saturated carbocycles. The summed E-state index contributed by atoms with van der Waals surface area (Å²) in [5.74, 6) is 1.38. The van der Waals surface area contributed by atoms with E-state index in [0.29, 0.717) is 6.17 Å². The Balaban J connectivity index is 0.00000381. The molecule has 7 nitrogen and oxygen atoms in total. The van der Waals surface area contributed by atoms with Crippen molar-refractivity contribution in [3.05, 3.63) is 24.3 Å². The monoisotopic (exact) mass is 740 g/mol. The smallest absolute Gasteiger partial charge is 0.343 e. The summed E-state index contributed by atoms with van der Waals surface area (Å²) in [5.41, 5.74) is 0. The molecule has 1 aliphatic heterocycles. The van der Waals surface area contributed by atoms with Crippen LogP contribution in [-0.2, 0) is 14.6 Å². The zero-order valence-corrected chi connectivity index (χ0v) is 35.0. The quantitative estimate of drug-likeness (QED) is 0.0378. The molecular formula is C43H85N3O4S. The highest BCUT2D eigenvalue weighted by molar-refractivity contribution is 7.80. The Labute approximate surface area is 318 Å². The van der Waals surface area contributed by atoms with Gasteiger partial charge in [0.05, 0.1) is 19.8 Å². The first-order valence-electron chi connectivity index (χ1n) is 21.8. The molecule has 1 heterocycles. The summed E-state index contributed by atoms with van der Waals surface area (Å²) in [4.78, 5) is 7.51. The van der Waals surface area contributed by atoms with Gasteiger partial charge in [-0.05, 0) is 77.2 Å². The fraction of sp³-hybridized carbons (Fsp3) is 0.884. The molecule has 0 bridgehead atoms. The summed E-state index contributed by atoms with van der Waals surface area (Å²) in [6.07, 6.45) is 51.1. The van der Waals surface area contributed by atoms with E-state index >= 15 is 0 Å². The van der Waals surface area contributed by atoms with Crippen molar-refractivity contribution in [2.24, 2.45) is 4.99 Å². The number of rotatable bonds is 36. The van der Waals surface area contributed by atoms with Gasteiger partial charge in [0.2, 0.25) is 0 Å². The number of unbranched alkanes of at least 4 members (excludes halogenated alkanes) is 24. The second kappa shape index (κ2) is 38.5. The Bertz CT molecular complexity index is 922. The molecule has 302 valence electrons. The lowest BCUT2D eigenvalue weighted by atomic mass is 10.1. The third-order valence-electron chi connectivity index (χ3n) is 9.92. The maximum absolute atomic E-state index is 9.33. The van der Waals surface area contributed by atoms with Gasteiger partial charge in [0.25, 0.3) is 0 Å². The molecule has 51 heavy (non-hydrogen) atoms. The first kappa shape index (κ1) is 49.8. The van der Waals surface area contributed by atoms with E-state index < -0.39 is 10.4 Å². The van der Waals surface area contributed by atoms with Crippen LogP contribution in [0.5, 0.6) is 0 Å². The van der Waals surface area contributed by atoms with Gasteiger partial charge < -0.3 is 4.90 Å². The predicted molar refractivity (Wildman–Crippen MR) is 223 cm³/mol. The summed E-state index contributed by atoms with van der Waals surface area (Å²) in [6, 6.07) is 0. The molecule has 0 aliphatic carbocycles. The second-order valence-corrected chi connectivity index (χ2v) is 15.8. The van der Waals surface area contributed by atoms with Gasteiger partial charge >= 0.3 is 10.4 Å². The van der Waals surface area contributed by atoms with Crippen LogP contribution in [-0.4, -0.2) is 56.6 Å². The lowest BCUT2D eigenvalue weighted by molar-refractivity contribution is 0.268. The van der Waals surface area contributed by atoms with E-state index in [1.807, 2.05) is 0 Å². The number of nitrogens with zero attached hydrogens (tertiary/aromatic N) is 2. The minimum Gasteiger partial charge on any atom is -0.343 e. The van der Waals surface area contributed by atoms with Crippen molar-refractivity contribution < 1.29 is 17.2 Å². The standard InChI is InChI=1S/C42H81N3.CH4O4S/c1-4-7-9-11-13-15-17-19-21-23-25-27-29-31-33-35-37-42-44-39-40-45(42)41(6-3)43-38-36-34-32-30-28-26-24-22-20-18-16-14-12-10-8-5-2;1-5-6(2,3)4/h19-22,41,43H,4-18,23-40H2,1-3H3;1H3,(H,2,3,4)/b21-19-,22-20-;. The zero-order chi connectivity index (χ0) is 37.5. The molecule has 0 radical (unpaired) electrons. The van der Waals surface area contributed by atoms with Crippen molar-refractivity contribution in [2.75, 3.05) is 26.7 Å². The van der Waals surface area contributed by atoms with Gasteiger partial charge in [-0.15, -0.1) is 0 Å². The number of hydrogen-bond donors (Lipinski definition) is 2. The van der Waals surface area contributed by atoms with Crippen LogP contribution in [0, 0.1) is 0 Å². The minimum absolute atomic E-state index is 0.475. The average molecular weight is 740 g/mol. The first-order chi connectivity index (χ1) is 24.9. The van der Waals surface area contributed by atoms with Crippen molar-refractivity contribution in [3.8, 4) is 0 Å². The van der Waals surface area contributed by atoms with Crippen molar-refractivity contribution >= 4 is 16.2 Å². The van der Waals surface area contributed by atoms with Crippen LogP contribution in [0.15, 0.2) is 29.3 Å². The molecule has 0 aromatic heterocycles. The Morgan fingerprint density at radius 3 is 1.41 bits per heavy atom. The van der Waals surface area contributed by atoms with E-state index in [1.54, 1.807) is 0 Å². The Morgan fingerprint density at radius 1 is 0.647 bits per heavy atom. The molecule has 8 heteroatoms. The normalized spacial score (nSPS) is 14.1. The van der Waals surface area contributed by atoms with Crippen LogP contribution in [0.25, 0.3) is 0 Å². The van der Waals surface area contributed by atoms with Crippen molar-refractivity contribution in [3.63, 3.8) is 0 Å². The molecular weight excluding hydrogens is 655 g/mol. The number of aliphatic imine (C=N–C) groups is 1. The van der Waals surface area contributed by atoms with Crippen molar-refractivity contribution in [1.82, 2.24) is 10.2 Å². The predicted octanol–water partition coefficient (Wildman–Crippen LogP) is 12.9. The molecule has 0 fully saturated rings. The fourth-order valence-corrected chi connectivity index (χ4v) is 6.71. The number of nitrogens with one attached hydrogen (secondary N) is 1. The zero-order valence-electron chi connectivity index (χ0n) is 34.2. The maximum Gasteiger partial charge on any atom is 0.397 e. The molecule has 1 unspecified atom stereocenters. The van der Waals surface area contributed by atoms with Gasteiger partial charge in [0.15, 0.2) is 0 Å². The Morgan fingerprint density at radius 2 is 1.02 bits per heavy atom. The van der Waals surface area contributed by atoms with Gasteiger partial charge in [-0.3, -0.25) is 19.0 Å². The summed E-state index contributed by atoms with van der Waals surface area (Å²) in [5, 5.41) is 3.88. The van der Waals surface area contributed by atoms with E-state index in [-0.39, 0.29) is 0 Å². The van der Waals surface area contributed by atoms with Gasteiger partial charge in [0.1, 0.15) is 5.84 Å². The molecule has 0 aromatic rings. The molecule has 0 aromatic carbocycles. The molecule has 0 spiro atoms. The van der Waals surface area contributed by atoms with E-state index in [9.17, 15) is 8.42 Å². The highest BCUT2D eigenvalue weighted by Gasteiger charge is 2.23. The van der Waals surface area contributed by atoms with E-state index in [1.165, 1.54) is 198 Å². The van der Waals surface area contributed by atoms with Crippen LogP contribution >= 0.6 is 0 Å². The lowest BCUT2D eigenvalue weighted by Crippen LogP contribution is -2.47. The Kier molecular flexibility index (Phi) is 37.6.